The number of rotatable bonds is 3. The molecule has 4 nitrogen and oxygen atoms in total. The molecule has 0 spiro atoms. The summed E-state index contributed by atoms with van der Waals surface area (Å²) in [6, 6.07) is 0. The maximum atomic E-state index is 4.27. The van der Waals surface area contributed by atoms with Crippen LogP contribution >= 0.6 is 11.5 Å². The molecule has 0 N–H and O–H groups in total. The lowest BCUT2D eigenvalue weighted by Crippen LogP contribution is -2.02. The molecule has 0 aliphatic carbocycles. The van der Waals surface area contributed by atoms with Gasteiger partial charge in [0, 0.05) is 18.8 Å². The molecule has 2 rings (SSSR count). The van der Waals surface area contributed by atoms with Crippen molar-refractivity contribution in [1.29, 1.82) is 0 Å². The van der Waals surface area contributed by atoms with Crippen molar-refractivity contribution in [3.8, 4) is 0 Å². The van der Waals surface area contributed by atoms with E-state index in [-0.39, 0.29) is 0 Å². The third-order valence-electron chi connectivity index (χ3n) is 2.18. The largest absolute Gasteiger partial charge is 0.330 e. The van der Waals surface area contributed by atoms with Crippen molar-refractivity contribution >= 4 is 11.5 Å². The second-order valence-electron chi connectivity index (χ2n) is 3.11. The first-order valence-electron chi connectivity index (χ1n) is 4.59. The molecule has 0 saturated carbocycles. The van der Waals surface area contributed by atoms with E-state index in [1.165, 1.54) is 16.4 Å². The van der Waals surface area contributed by atoms with Gasteiger partial charge in [-0.2, -0.15) is 0 Å². The second kappa shape index (κ2) is 3.88. The maximum Gasteiger partial charge on any atom is 0.108 e. The number of aryl methyl sites for hydroxylation is 2. The van der Waals surface area contributed by atoms with Gasteiger partial charge in [-0.1, -0.05) is 11.4 Å². The number of imidazole rings is 1. The van der Waals surface area contributed by atoms with E-state index < -0.39 is 0 Å². The summed E-state index contributed by atoms with van der Waals surface area (Å²) in [5, 5.41) is 3.99. The summed E-state index contributed by atoms with van der Waals surface area (Å²) in [6.07, 6.45) is 4.79. The number of hydrogen-bond donors (Lipinski definition) is 0. The van der Waals surface area contributed by atoms with Crippen molar-refractivity contribution < 1.29 is 0 Å². The van der Waals surface area contributed by atoms with Crippen molar-refractivity contribution in [2.75, 3.05) is 0 Å². The molecule has 0 amide bonds. The minimum atomic E-state index is 0.840. The van der Waals surface area contributed by atoms with Gasteiger partial charge in [-0.15, -0.1) is 5.10 Å². The van der Waals surface area contributed by atoms with Gasteiger partial charge in [0.2, 0.25) is 0 Å². The lowest BCUT2D eigenvalue weighted by atomic mass is 10.4. The van der Waals surface area contributed by atoms with Crippen LogP contribution in [0.25, 0.3) is 0 Å². The average molecular weight is 208 g/mol. The van der Waals surface area contributed by atoms with Gasteiger partial charge in [0.1, 0.15) is 5.82 Å². The quantitative estimate of drug-likeness (QED) is 0.770. The molecule has 0 radical (unpaired) electrons. The van der Waals surface area contributed by atoms with Crippen LogP contribution in [0.15, 0.2) is 12.4 Å². The van der Waals surface area contributed by atoms with E-state index in [4.69, 9.17) is 0 Å². The molecule has 0 fully saturated rings. The Kier molecular flexibility index (Phi) is 2.58. The third-order valence-corrected chi connectivity index (χ3v) is 2.99. The molecule has 0 aliphatic heterocycles. The molecular formula is C9H12N4S. The van der Waals surface area contributed by atoms with Crippen molar-refractivity contribution in [2.24, 2.45) is 0 Å². The Balaban J connectivity index is 2.22. The normalized spacial score (nSPS) is 10.7. The molecule has 0 bridgehead atoms. The Hall–Kier alpha value is -1.23. The highest BCUT2D eigenvalue weighted by molar-refractivity contribution is 7.05. The molecule has 0 aliphatic rings. The van der Waals surface area contributed by atoms with Gasteiger partial charge in [-0.3, -0.25) is 0 Å². The van der Waals surface area contributed by atoms with E-state index in [9.17, 15) is 0 Å². The zero-order chi connectivity index (χ0) is 9.97. The minimum absolute atomic E-state index is 0.840. The minimum Gasteiger partial charge on any atom is -0.330 e. The molecule has 0 atom stereocenters. The Labute approximate surface area is 86.8 Å². The molecule has 0 unspecified atom stereocenters. The highest BCUT2D eigenvalue weighted by Gasteiger charge is 2.06. The fourth-order valence-corrected chi connectivity index (χ4v) is 1.98. The molecule has 5 heteroatoms. The summed E-state index contributed by atoms with van der Waals surface area (Å²) >= 11 is 1.46. The smallest absolute Gasteiger partial charge is 0.108 e. The van der Waals surface area contributed by atoms with E-state index in [0.717, 1.165) is 24.5 Å². The first-order chi connectivity index (χ1) is 6.81. The van der Waals surface area contributed by atoms with Crippen LogP contribution < -0.4 is 0 Å². The van der Waals surface area contributed by atoms with Crippen molar-refractivity contribution in [3.63, 3.8) is 0 Å². The van der Waals surface area contributed by atoms with E-state index >= 15 is 0 Å². The van der Waals surface area contributed by atoms with Gasteiger partial charge < -0.3 is 4.57 Å². The monoisotopic (exact) mass is 208 g/mol. The van der Waals surface area contributed by atoms with Gasteiger partial charge >= 0.3 is 0 Å². The number of hydrogen-bond acceptors (Lipinski definition) is 4. The summed E-state index contributed by atoms with van der Waals surface area (Å²) < 4.78 is 6.06. The van der Waals surface area contributed by atoms with Crippen LogP contribution in [0.2, 0.25) is 0 Å². The van der Waals surface area contributed by atoms with Gasteiger partial charge in [-0.25, -0.2) is 4.98 Å². The molecule has 2 aromatic heterocycles. The summed E-state index contributed by atoms with van der Waals surface area (Å²) in [4.78, 5) is 5.48. The van der Waals surface area contributed by atoms with E-state index in [0.29, 0.717) is 0 Å². The summed E-state index contributed by atoms with van der Waals surface area (Å²) in [6.45, 7) is 4.94. The predicted molar refractivity (Wildman–Crippen MR) is 55.4 cm³/mol. The topological polar surface area (TPSA) is 43.6 Å². The van der Waals surface area contributed by atoms with Crippen LogP contribution in [0.5, 0.6) is 0 Å². The maximum absolute atomic E-state index is 4.27. The van der Waals surface area contributed by atoms with Gasteiger partial charge in [0.25, 0.3) is 0 Å². The van der Waals surface area contributed by atoms with E-state index in [1.54, 1.807) is 0 Å². The zero-order valence-corrected chi connectivity index (χ0v) is 9.08. The van der Waals surface area contributed by atoms with Crippen LogP contribution in [-0.2, 0) is 13.0 Å². The fraction of sp³-hybridized carbons (Fsp3) is 0.444. The highest BCUT2D eigenvalue weighted by atomic mass is 32.1. The van der Waals surface area contributed by atoms with E-state index in [1.807, 2.05) is 19.3 Å². The molecule has 0 aromatic carbocycles. The van der Waals surface area contributed by atoms with Crippen molar-refractivity contribution in [1.82, 2.24) is 19.1 Å². The standard InChI is InChI=1S/C9H12N4S/c1-3-9-10-4-5-13(9)6-8-7(2)11-12-14-8/h4-5H,3,6H2,1-2H3. The average Bonchev–Trinajstić information content (AvgIpc) is 2.77. The molecule has 74 valence electrons. The number of nitrogens with zero attached hydrogens (tertiary/aromatic N) is 4. The van der Waals surface area contributed by atoms with Crippen LogP contribution in [0.3, 0.4) is 0 Å². The fourth-order valence-electron chi connectivity index (χ4n) is 1.35. The Morgan fingerprint density at radius 1 is 1.50 bits per heavy atom. The first-order valence-corrected chi connectivity index (χ1v) is 5.36. The van der Waals surface area contributed by atoms with Crippen LogP contribution in [0, 0.1) is 6.92 Å². The summed E-state index contributed by atoms with van der Waals surface area (Å²) in [7, 11) is 0. The second-order valence-corrected chi connectivity index (χ2v) is 3.95. The first kappa shape index (κ1) is 9.33. The summed E-state index contributed by atoms with van der Waals surface area (Å²) in [5.74, 6) is 1.11. The molecular weight excluding hydrogens is 196 g/mol. The zero-order valence-electron chi connectivity index (χ0n) is 8.27. The molecule has 14 heavy (non-hydrogen) atoms. The summed E-state index contributed by atoms with van der Waals surface area (Å²) in [5.41, 5.74) is 1.02. The van der Waals surface area contributed by atoms with Crippen LogP contribution in [0.4, 0.5) is 0 Å². The van der Waals surface area contributed by atoms with Crippen LogP contribution in [-0.4, -0.2) is 19.1 Å². The van der Waals surface area contributed by atoms with Gasteiger partial charge in [0.05, 0.1) is 17.1 Å². The Morgan fingerprint density at radius 3 is 3.00 bits per heavy atom. The van der Waals surface area contributed by atoms with Gasteiger partial charge in [0.15, 0.2) is 0 Å². The van der Waals surface area contributed by atoms with Gasteiger partial charge in [-0.05, 0) is 18.5 Å². The third kappa shape index (κ3) is 1.68. The van der Waals surface area contributed by atoms with E-state index in [2.05, 4.69) is 26.1 Å². The Bertz CT molecular complexity index is 418. The lowest BCUT2D eigenvalue weighted by molar-refractivity contribution is 0.735. The molecule has 2 heterocycles. The van der Waals surface area contributed by atoms with Crippen molar-refractivity contribution in [2.45, 2.75) is 26.8 Å². The Morgan fingerprint density at radius 2 is 2.36 bits per heavy atom. The SMILES string of the molecule is CCc1nccn1Cc1snnc1C. The van der Waals surface area contributed by atoms with Crippen LogP contribution in [0.1, 0.15) is 23.3 Å². The lowest BCUT2D eigenvalue weighted by Gasteiger charge is -2.03. The molecule has 2 aromatic rings. The van der Waals surface area contributed by atoms with Crippen molar-refractivity contribution in [3.05, 3.63) is 28.8 Å². The highest BCUT2D eigenvalue weighted by Crippen LogP contribution is 2.12. The number of aromatic nitrogens is 4. The predicted octanol–water partition coefficient (Wildman–Crippen LogP) is 1.65. The molecule has 0 saturated heterocycles.